The first-order valence-electron chi connectivity index (χ1n) is 10.6. The summed E-state index contributed by atoms with van der Waals surface area (Å²) in [5.41, 5.74) is 7.33. The zero-order valence-electron chi connectivity index (χ0n) is 17.7. The van der Waals surface area contributed by atoms with Crippen LogP contribution in [0.5, 0.6) is 5.75 Å². The van der Waals surface area contributed by atoms with Crippen molar-refractivity contribution in [1.29, 1.82) is 0 Å². The quantitative estimate of drug-likeness (QED) is 0.261. The Kier molecular flexibility index (Phi) is 5.73. The van der Waals surface area contributed by atoms with Crippen molar-refractivity contribution >= 4 is 21.6 Å². The standard InChI is InChI=1S/C27H22BrN3O/c1-2-24-26(21-8-12-22(28)13-9-21)27-29-17-16-25(31(27)30-24)20-10-14-23(15-11-20)32-18-19-6-4-3-5-7-19/h3-17H,2,18H2,1H3. The fourth-order valence-electron chi connectivity index (χ4n) is 3.83. The SMILES string of the molecule is CCc1nn2c(-c3ccc(OCc4ccccc4)cc3)ccnc2c1-c1ccc(Br)cc1. The molecule has 3 aromatic carbocycles. The molecule has 0 spiro atoms. The van der Waals surface area contributed by atoms with Crippen LogP contribution in [0.15, 0.2) is 95.6 Å². The average molecular weight is 484 g/mol. The molecule has 0 saturated heterocycles. The summed E-state index contributed by atoms with van der Waals surface area (Å²) in [5, 5.41) is 4.92. The highest BCUT2D eigenvalue weighted by molar-refractivity contribution is 9.10. The molecule has 0 aliphatic rings. The van der Waals surface area contributed by atoms with Gasteiger partial charge in [0.15, 0.2) is 5.65 Å². The number of fused-ring (bicyclic) bond motifs is 1. The molecular weight excluding hydrogens is 462 g/mol. The first-order chi connectivity index (χ1) is 15.7. The second kappa shape index (κ2) is 8.97. The summed E-state index contributed by atoms with van der Waals surface area (Å²) in [5.74, 6) is 0.841. The molecule has 0 aliphatic carbocycles. The average Bonchev–Trinajstić information content (AvgIpc) is 3.23. The van der Waals surface area contributed by atoms with Crippen LogP contribution in [0.3, 0.4) is 0 Å². The lowest BCUT2D eigenvalue weighted by atomic mass is 10.0. The van der Waals surface area contributed by atoms with Crippen molar-refractivity contribution in [3.63, 3.8) is 0 Å². The zero-order valence-corrected chi connectivity index (χ0v) is 19.3. The van der Waals surface area contributed by atoms with Gasteiger partial charge in [0.1, 0.15) is 12.4 Å². The van der Waals surface area contributed by atoms with Crippen LogP contribution in [-0.4, -0.2) is 14.6 Å². The summed E-state index contributed by atoms with van der Waals surface area (Å²) in [6.07, 6.45) is 2.69. The number of benzene rings is 3. The molecule has 4 nitrogen and oxygen atoms in total. The molecule has 0 N–H and O–H groups in total. The van der Waals surface area contributed by atoms with Gasteiger partial charge in [0.2, 0.25) is 0 Å². The van der Waals surface area contributed by atoms with E-state index < -0.39 is 0 Å². The normalized spacial score (nSPS) is 11.1. The zero-order chi connectivity index (χ0) is 21.9. The molecule has 0 radical (unpaired) electrons. The van der Waals surface area contributed by atoms with E-state index in [1.807, 2.05) is 47.1 Å². The smallest absolute Gasteiger partial charge is 0.163 e. The fourth-order valence-corrected chi connectivity index (χ4v) is 4.09. The Morgan fingerprint density at radius 3 is 2.28 bits per heavy atom. The minimum Gasteiger partial charge on any atom is -0.489 e. The van der Waals surface area contributed by atoms with Crippen LogP contribution in [0, 0.1) is 0 Å². The van der Waals surface area contributed by atoms with Crippen LogP contribution >= 0.6 is 15.9 Å². The second-order valence-corrected chi connectivity index (χ2v) is 8.46. The topological polar surface area (TPSA) is 39.4 Å². The Bertz CT molecular complexity index is 1340. The van der Waals surface area contributed by atoms with Crippen molar-refractivity contribution in [2.75, 3.05) is 0 Å². The van der Waals surface area contributed by atoms with Crippen LogP contribution in [0.25, 0.3) is 28.0 Å². The molecule has 0 saturated carbocycles. The number of hydrogen-bond acceptors (Lipinski definition) is 3. The first-order valence-corrected chi connectivity index (χ1v) is 11.4. The van der Waals surface area contributed by atoms with E-state index >= 15 is 0 Å². The summed E-state index contributed by atoms with van der Waals surface area (Å²) in [7, 11) is 0. The highest BCUT2D eigenvalue weighted by Gasteiger charge is 2.17. The third kappa shape index (κ3) is 4.04. The van der Waals surface area contributed by atoms with Gasteiger partial charge in [-0.3, -0.25) is 0 Å². The summed E-state index contributed by atoms with van der Waals surface area (Å²) in [6.45, 7) is 2.68. The number of rotatable bonds is 6. The monoisotopic (exact) mass is 483 g/mol. The van der Waals surface area contributed by atoms with E-state index in [0.717, 1.165) is 55.9 Å². The maximum atomic E-state index is 5.94. The van der Waals surface area contributed by atoms with E-state index in [1.165, 1.54) is 0 Å². The van der Waals surface area contributed by atoms with Gasteiger partial charge in [0, 0.05) is 21.8 Å². The lowest BCUT2D eigenvalue weighted by Crippen LogP contribution is -1.97. The van der Waals surface area contributed by atoms with E-state index in [-0.39, 0.29) is 0 Å². The van der Waals surface area contributed by atoms with Gasteiger partial charge >= 0.3 is 0 Å². The minimum atomic E-state index is 0.551. The lowest BCUT2D eigenvalue weighted by molar-refractivity contribution is 0.306. The predicted molar refractivity (Wildman–Crippen MR) is 132 cm³/mol. The first kappa shape index (κ1) is 20.5. The van der Waals surface area contributed by atoms with Gasteiger partial charge < -0.3 is 4.74 Å². The van der Waals surface area contributed by atoms with Gasteiger partial charge in [-0.15, -0.1) is 0 Å². The molecule has 5 rings (SSSR count). The maximum Gasteiger partial charge on any atom is 0.163 e. The highest BCUT2D eigenvalue weighted by Crippen LogP contribution is 2.32. The summed E-state index contributed by atoms with van der Waals surface area (Å²) in [6, 6.07) is 28.6. The molecule has 0 bridgehead atoms. The second-order valence-electron chi connectivity index (χ2n) is 7.55. The largest absolute Gasteiger partial charge is 0.489 e. The molecule has 2 heterocycles. The Hall–Kier alpha value is -3.44. The van der Waals surface area contributed by atoms with Crippen LogP contribution < -0.4 is 4.74 Å². The van der Waals surface area contributed by atoms with Crippen LogP contribution in [0.2, 0.25) is 0 Å². The number of hydrogen-bond donors (Lipinski definition) is 0. The van der Waals surface area contributed by atoms with Gasteiger partial charge in [-0.2, -0.15) is 5.10 Å². The Morgan fingerprint density at radius 2 is 1.56 bits per heavy atom. The van der Waals surface area contributed by atoms with E-state index in [0.29, 0.717) is 6.61 Å². The third-order valence-electron chi connectivity index (χ3n) is 5.46. The maximum absolute atomic E-state index is 5.94. The van der Waals surface area contributed by atoms with E-state index in [9.17, 15) is 0 Å². The third-order valence-corrected chi connectivity index (χ3v) is 5.99. The number of aryl methyl sites for hydroxylation is 1. The molecule has 0 aliphatic heterocycles. The Labute approximate surface area is 195 Å². The molecule has 0 atom stereocenters. The van der Waals surface area contributed by atoms with E-state index in [2.05, 4.69) is 76.4 Å². The van der Waals surface area contributed by atoms with E-state index in [4.69, 9.17) is 9.84 Å². The minimum absolute atomic E-state index is 0.551. The molecule has 0 fully saturated rings. The van der Waals surface area contributed by atoms with Crippen molar-refractivity contribution in [2.24, 2.45) is 0 Å². The van der Waals surface area contributed by atoms with Gasteiger partial charge in [-0.05, 0) is 60.0 Å². The number of ether oxygens (including phenoxy) is 1. The van der Waals surface area contributed by atoms with Gasteiger partial charge in [0.25, 0.3) is 0 Å². The summed E-state index contributed by atoms with van der Waals surface area (Å²) in [4.78, 5) is 4.68. The van der Waals surface area contributed by atoms with Crippen molar-refractivity contribution < 1.29 is 4.74 Å². The molecule has 2 aromatic heterocycles. The molecule has 5 aromatic rings. The highest BCUT2D eigenvalue weighted by atomic mass is 79.9. The number of aromatic nitrogens is 3. The van der Waals surface area contributed by atoms with E-state index in [1.54, 1.807) is 0 Å². The van der Waals surface area contributed by atoms with Crippen LogP contribution in [-0.2, 0) is 13.0 Å². The summed E-state index contributed by atoms with van der Waals surface area (Å²) >= 11 is 3.52. The van der Waals surface area contributed by atoms with Crippen molar-refractivity contribution in [3.8, 4) is 28.1 Å². The van der Waals surface area contributed by atoms with Crippen molar-refractivity contribution in [3.05, 3.63) is 107 Å². The molecular formula is C27H22BrN3O. The fraction of sp³-hybridized carbons (Fsp3) is 0.111. The predicted octanol–water partition coefficient (Wildman–Crippen LogP) is 6.97. The van der Waals surface area contributed by atoms with Gasteiger partial charge in [-0.1, -0.05) is 65.3 Å². The molecule has 32 heavy (non-hydrogen) atoms. The Morgan fingerprint density at radius 1 is 0.844 bits per heavy atom. The van der Waals surface area contributed by atoms with Crippen LogP contribution in [0.1, 0.15) is 18.2 Å². The van der Waals surface area contributed by atoms with Gasteiger partial charge in [-0.25, -0.2) is 9.50 Å². The molecule has 158 valence electrons. The number of nitrogens with zero attached hydrogens (tertiary/aromatic N) is 3. The van der Waals surface area contributed by atoms with Gasteiger partial charge in [0.05, 0.1) is 11.4 Å². The van der Waals surface area contributed by atoms with Crippen molar-refractivity contribution in [1.82, 2.24) is 14.6 Å². The summed E-state index contributed by atoms with van der Waals surface area (Å²) < 4.78 is 8.95. The molecule has 0 amide bonds. The Balaban J connectivity index is 1.48. The molecule has 5 heteroatoms. The lowest BCUT2D eigenvalue weighted by Gasteiger charge is -2.09. The number of halogens is 1. The van der Waals surface area contributed by atoms with Crippen molar-refractivity contribution in [2.45, 2.75) is 20.0 Å². The molecule has 0 unspecified atom stereocenters. The van der Waals surface area contributed by atoms with Crippen LogP contribution in [0.4, 0.5) is 0 Å².